The van der Waals surface area contributed by atoms with Crippen molar-refractivity contribution < 1.29 is 8.83 Å². The zero-order chi connectivity index (χ0) is 9.42. The van der Waals surface area contributed by atoms with Crippen molar-refractivity contribution in [1.29, 1.82) is 0 Å². The van der Waals surface area contributed by atoms with Crippen molar-refractivity contribution in [3.8, 4) is 11.3 Å². The predicted molar refractivity (Wildman–Crippen MR) is 59.5 cm³/mol. The van der Waals surface area contributed by atoms with Crippen LogP contribution >= 0.6 is 47.8 Å². The Bertz CT molecular complexity index is 430. The summed E-state index contributed by atoms with van der Waals surface area (Å²) in [5.41, 5.74) is 0.878. The quantitative estimate of drug-likeness (QED) is 0.719. The summed E-state index contributed by atoms with van der Waals surface area (Å²) in [5, 5.41) is 0. The molecule has 2 aromatic heterocycles. The summed E-state index contributed by atoms with van der Waals surface area (Å²) in [4.78, 5) is 0. The predicted octanol–water partition coefficient (Wildman–Crippen LogP) is 4.83. The van der Waals surface area contributed by atoms with Crippen molar-refractivity contribution in [3.63, 3.8) is 0 Å². The zero-order valence-electron chi connectivity index (χ0n) is 6.18. The normalized spacial score (nSPS) is 10.7. The molecule has 0 aliphatic carbocycles. The molecule has 0 amide bonds. The van der Waals surface area contributed by atoms with Gasteiger partial charge in [0.1, 0.15) is 6.26 Å². The van der Waals surface area contributed by atoms with E-state index in [1.165, 1.54) is 0 Å². The van der Waals surface area contributed by atoms with Gasteiger partial charge in [-0.1, -0.05) is 0 Å². The smallest absolute Gasteiger partial charge is 0.183 e. The van der Waals surface area contributed by atoms with Crippen molar-refractivity contribution in [2.45, 2.75) is 0 Å². The molecule has 2 nitrogen and oxygen atoms in total. The van der Waals surface area contributed by atoms with Crippen LogP contribution < -0.4 is 0 Å². The highest BCUT2D eigenvalue weighted by Gasteiger charge is 2.15. The first-order valence-electron chi connectivity index (χ1n) is 3.36. The monoisotopic (exact) mass is 368 g/mol. The van der Waals surface area contributed by atoms with Crippen LogP contribution in [0.15, 0.2) is 41.0 Å². The standard InChI is InChI=1S/C8H3Br3O2/c9-5-1-2-12-7(5)4-3-13-8(11)6(4)10/h1-3H. The summed E-state index contributed by atoms with van der Waals surface area (Å²) in [6, 6.07) is 1.84. The Morgan fingerprint density at radius 3 is 2.31 bits per heavy atom. The third-order valence-electron chi connectivity index (χ3n) is 1.55. The van der Waals surface area contributed by atoms with E-state index in [0.29, 0.717) is 4.67 Å². The van der Waals surface area contributed by atoms with Gasteiger partial charge in [-0.2, -0.15) is 0 Å². The van der Waals surface area contributed by atoms with Gasteiger partial charge < -0.3 is 8.83 Å². The van der Waals surface area contributed by atoms with E-state index in [9.17, 15) is 0 Å². The minimum Gasteiger partial charge on any atom is -0.463 e. The average molecular weight is 371 g/mol. The van der Waals surface area contributed by atoms with Crippen LogP contribution in [0.25, 0.3) is 11.3 Å². The van der Waals surface area contributed by atoms with E-state index in [1.807, 2.05) is 6.07 Å². The Morgan fingerprint density at radius 2 is 1.85 bits per heavy atom. The Kier molecular flexibility index (Phi) is 2.67. The van der Waals surface area contributed by atoms with Crippen LogP contribution in [0.2, 0.25) is 0 Å². The topological polar surface area (TPSA) is 26.3 Å². The number of halogens is 3. The van der Waals surface area contributed by atoms with Gasteiger partial charge in [0.05, 0.1) is 20.8 Å². The van der Waals surface area contributed by atoms with Crippen molar-refractivity contribution in [2.24, 2.45) is 0 Å². The molecular formula is C8H3Br3O2. The summed E-state index contributed by atoms with van der Waals surface area (Å²) in [6.45, 7) is 0. The van der Waals surface area contributed by atoms with Gasteiger partial charge in [0.2, 0.25) is 0 Å². The lowest BCUT2D eigenvalue weighted by atomic mass is 10.3. The Hall–Kier alpha value is 0. The molecular weight excluding hydrogens is 368 g/mol. The van der Waals surface area contributed by atoms with Crippen LogP contribution in [0.4, 0.5) is 0 Å². The summed E-state index contributed by atoms with van der Waals surface area (Å²) in [7, 11) is 0. The molecule has 0 unspecified atom stereocenters. The fourth-order valence-electron chi connectivity index (χ4n) is 0.959. The first kappa shape index (κ1) is 9.55. The summed E-state index contributed by atoms with van der Waals surface area (Å²) < 4.78 is 12.9. The molecule has 0 N–H and O–H groups in total. The second kappa shape index (κ2) is 3.63. The zero-order valence-corrected chi connectivity index (χ0v) is 10.9. The van der Waals surface area contributed by atoms with Crippen molar-refractivity contribution in [1.82, 2.24) is 0 Å². The highest BCUT2D eigenvalue weighted by Crippen LogP contribution is 2.39. The summed E-state index contributed by atoms with van der Waals surface area (Å²) in [5.74, 6) is 0.751. The third-order valence-corrected chi connectivity index (χ3v) is 4.08. The number of rotatable bonds is 1. The SMILES string of the molecule is Brc1ccoc1-c1coc(Br)c1Br. The molecule has 0 bridgehead atoms. The van der Waals surface area contributed by atoms with Crippen molar-refractivity contribution in [2.75, 3.05) is 0 Å². The van der Waals surface area contributed by atoms with Crippen molar-refractivity contribution >= 4 is 47.8 Å². The van der Waals surface area contributed by atoms with E-state index in [2.05, 4.69) is 47.8 Å². The molecule has 2 heterocycles. The Balaban J connectivity index is 2.59. The largest absolute Gasteiger partial charge is 0.463 e. The number of hydrogen-bond donors (Lipinski definition) is 0. The van der Waals surface area contributed by atoms with Crippen LogP contribution in [0.1, 0.15) is 0 Å². The molecule has 0 aliphatic rings. The maximum Gasteiger partial charge on any atom is 0.183 e. The molecule has 68 valence electrons. The lowest BCUT2D eigenvalue weighted by Gasteiger charge is -1.92. The molecule has 0 radical (unpaired) electrons. The molecule has 0 fully saturated rings. The van der Waals surface area contributed by atoms with Crippen LogP contribution in [0, 0.1) is 0 Å². The first-order chi connectivity index (χ1) is 6.20. The molecule has 0 aliphatic heterocycles. The second-order valence-electron chi connectivity index (χ2n) is 2.33. The molecule has 0 saturated heterocycles. The van der Waals surface area contributed by atoms with Gasteiger partial charge in [-0.05, 0) is 53.9 Å². The lowest BCUT2D eigenvalue weighted by molar-refractivity contribution is 0.537. The highest BCUT2D eigenvalue weighted by atomic mass is 79.9. The molecule has 2 aromatic rings. The first-order valence-corrected chi connectivity index (χ1v) is 5.74. The molecule has 0 aromatic carbocycles. The van der Waals surface area contributed by atoms with Crippen molar-refractivity contribution in [3.05, 3.63) is 32.2 Å². The lowest BCUT2D eigenvalue weighted by Crippen LogP contribution is -1.70. The molecule has 5 heteroatoms. The van der Waals surface area contributed by atoms with E-state index in [0.717, 1.165) is 20.3 Å². The minimum atomic E-state index is 0.658. The Morgan fingerprint density at radius 1 is 1.08 bits per heavy atom. The van der Waals surface area contributed by atoms with Crippen LogP contribution in [-0.4, -0.2) is 0 Å². The molecule has 0 saturated carbocycles. The van der Waals surface area contributed by atoms with E-state index < -0.39 is 0 Å². The molecule has 0 atom stereocenters. The second-order valence-corrected chi connectivity index (χ2v) is 4.70. The van der Waals surface area contributed by atoms with Gasteiger partial charge >= 0.3 is 0 Å². The summed E-state index contributed by atoms with van der Waals surface area (Å²) in [6.07, 6.45) is 3.24. The van der Waals surface area contributed by atoms with Crippen LogP contribution in [-0.2, 0) is 0 Å². The van der Waals surface area contributed by atoms with Gasteiger partial charge in [0, 0.05) is 0 Å². The van der Waals surface area contributed by atoms with Crippen LogP contribution in [0.5, 0.6) is 0 Å². The fraction of sp³-hybridized carbons (Fsp3) is 0. The number of hydrogen-bond acceptors (Lipinski definition) is 2. The van der Waals surface area contributed by atoms with Gasteiger partial charge in [-0.25, -0.2) is 0 Å². The minimum absolute atomic E-state index is 0.658. The van der Waals surface area contributed by atoms with E-state index in [-0.39, 0.29) is 0 Å². The van der Waals surface area contributed by atoms with Gasteiger partial charge in [-0.15, -0.1) is 0 Å². The number of furan rings is 2. The summed E-state index contributed by atoms with van der Waals surface area (Å²) >= 11 is 10.0. The van der Waals surface area contributed by atoms with E-state index >= 15 is 0 Å². The maximum atomic E-state index is 5.29. The maximum absolute atomic E-state index is 5.29. The average Bonchev–Trinajstić information content (AvgIpc) is 2.62. The van der Waals surface area contributed by atoms with Gasteiger partial charge in [0.25, 0.3) is 0 Å². The molecule has 2 rings (SSSR count). The van der Waals surface area contributed by atoms with E-state index in [4.69, 9.17) is 8.83 Å². The van der Waals surface area contributed by atoms with Crippen LogP contribution in [0.3, 0.4) is 0 Å². The molecule has 13 heavy (non-hydrogen) atoms. The van der Waals surface area contributed by atoms with Gasteiger partial charge in [-0.3, -0.25) is 0 Å². The molecule has 0 spiro atoms. The third kappa shape index (κ3) is 1.65. The van der Waals surface area contributed by atoms with E-state index in [1.54, 1.807) is 12.5 Å². The Labute approximate surface area is 99.7 Å². The van der Waals surface area contributed by atoms with Gasteiger partial charge in [0.15, 0.2) is 10.4 Å². The highest BCUT2D eigenvalue weighted by molar-refractivity contribution is 9.13. The fourth-order valence-corrected chi connectivity index (χ4v) is 2.05.